The number of methoxy groups -OCH3 is 2. The first-order chi connectivity index (χ1) is 13.2. The number of nitrogens with one attached hydrogen (secondary N) is 1. The van der Waals surface area contributed by atoms with Crippen LogP contribution >= 0.6 is 0 Å². The molecule has 1 aromatic carbocycles. The average Bonchev–Trinajstić information content (AvgIpc) is 3.25. The average molecular weight is 366 g/mol. The van der Waals surface area contributed by atoms with Crippen molar-refractivity contribution >= 4 is 5.91 Å². The lowest BCUT2D eigenvalue weighted by molar-refractivity contribution is -0.121. The molecule has 3 aromatic rings. The van der Waals surface area contributed by atoms with Gasteiger partial charge in [-0.3, -0.25) is 9.78 Å². The normalized spacial score (nSPS) is 10.4. The van der Waals surface area contributed by atoms with Crippen molar-refractivity contribution in [1.82, 2.24) is 10.3 Å². The van der Waals surface area contributed by atoms with E-state index in [4.69, 9.17) is 13.9 Å². The third-order valence-electron chi connectivity index (χ3n) is 4.20. The molecule has 1 amide bonds. The van der Waals surface area contributed by atoms with Gasteiger partial charge in [-0.15, -0.1) is 0 Å². The summed E-state index contributed by atoms with van der Waals surface area (Å²) in [6.07, 6.45) is 4.28. The van der Waals surface area contributed by atoms with Gasteiger partial charge in [0.05, 0.1) is 20.5 Å². The molecule has 2 heterocycles. The van der Waals surface area contributed by atoms with Gasteiger partial charge in [-0.2, -0.15) is 0 Å². The molecule has 6 nitrogen and oxygen atoms in total. The summed E-state index contributed by atoms with van der Waals surface area (Å²) in [4.78, 5) is 16.5. The smallest absolute Gasteiger partial charge is 0.220 e. The van der Waals surface area contributed by atoms with Gasteiger partial charge in [-0.05, 0) is 47.9 Å². The van der Waals surface area contributed by atoms with Crippen molar-refractivity contribution in [2.75, 3.05) is 14.2 Å². The van der Waals surface area contributed by atoms with Gasteiger partial charge in [-0.1, -0.05) is 6.07 Å². The number of nitrogens with zero attached hydrogens (tertiary/aromatic N) is 1. The van der Waals surface area contributed by atoms with Gasteiger partial charge in [0.25, 0.3) is 0 Å². The van der Waals surface area contributed by atoms with Crippen LogP contribution in [0.2, 0.25) is 0 Å². The summed E-state index contributed by atoms with van der Waals surface area (Å²) in [5, 5.41) is 2.94. The monoisotopic (exact) mass is 366 g/mol. The fourth-order valence-corrected chi connectivity index (χ4v) is 2.74. The number of carbonyl (C=O) groups excluding carboxylic acids is 1. The lowest BCUT2D eigenvalue weighted by Crippen LogP contribution is -2.23. The summed E-state index contributed by atoms with van der Waals surface area (Å²) in [6, 6.07) is 13.1. The maximum Gasteiger partial charge on any atom is 0.220 e. The number of hydrogen-bond acceptors (Lipinski definition) is 5. The fourth-order valence-electron chi connectivity index (χ4n) is 2.74. The van der Waals surface area contributed by atoms with Gasteiger partial charge in [-0.25, -0.2) is 0 Å². The molecule has 0 fully saturated rings. The standard InChI is InChI=1S/C21H22N2O4/c1-25-17-7-5-16(20(13-17)26-2)6-8-21(24)23-14-15-9-10-22-18(12-15)19-4-3-11-27-19/h3-5,7,9-13H,6,8,14H2,1-2H3,(H,23,24). The second-order valence-electron chi connectivity index (χ2n) is 5.98. The molecule has 0 spiro atoms. The highest BCUT2D eigenvalue weighted by Gasteiger charge is 2.09. The van der Waals surface area contributed by atoms with Crippen LogP contribution in [0.15, 0.2) is 59.3 Å². The third kappa shape index (κ3) is 4.88. The summed E-state index contributed by atoms with van der Waals surface area (Å²) in [7, 11) is 3.22. The third-order valence-corrected chi connectivity index (χ3v) is 4.20. The van der Waals surface area contributed by atoms with Crippen molar-refractivity contribution in [2.24, 2.45) is 0 Å². The van der Waals surface area contributed by atoms with E-state index >= 15 is 0 Å². The number of amides is 1. The van der Waals surface area contributed by atoms with Crippen molar-refractivity contribution in [3.05, 3.63) is 66.1 Å². The van der Waals surface area contributed by atoms with Crippen molar-refractivity contribution in [3.8, 4) is 23.0 Å². The quantitative estimate of drug-likeness (QED) is 0.659. The van der Waals surface area contributed by atoms with E-state index in [1.54, 1.807) is 26.7 Å². The van der Waals surface area contributed by atoms with Gasteiger partial charge in [0.15, 0.2) is 5.76 Å². The topological polar surface area (TPSA) is 73.6 Å². The lowest BCUT2D eigenvalue weighted by Gasteiger charge is -2.11. The maximum atomic E-state index is 12.2. The largest absolute Gasteiger partial charge is 0.497 e. The Bertz CT molecular complexity index is 891. The number of ether oxygens (including phenoxy) is 2. The summed E-state index contributed by atoms with van der Waals surface area (Å²) in [6.45, 7) is 0.439. The highest BCUT2D eigenvalue weighted by molar-refractivity contribution is 5.76. The molecular weight excluding hydrogens is 344 g/mol. The first-order valence-electron chi connectivity index (χ1n) is 8.66. The SMILES string of the molecule is COc1ccc(CCC(=O)NCc2ccnc(-c3ccco3)c2)c(OC)c1. The number of pyridine rings is 1. The highest BCUT2D eigenvalue weighted by Crippen LogP contribution is 2.25. The molecule has 140 valence electrons. The van der Waals surface area contributed by atoms with E-state index in [2.05, 4.69) is 10.3 Å². The summed E-state index contributed by atoms with van der Waals surface area (Å²) in [5.41, 5.74) is 2.68. The van der Waals surface area contributed by atoms with Crippen LogP contribution in [0, 0.1) is 0 Å². The van der Waals surface area contributed by atoms with Crippen LogP contribution in [0.4, 0.5) is 0 Å². The molecular formula is C21H22N2O4. The van der Waals surface area contributed by atoms with Gasteiger partial charge in [0.2, 0.25) is 5.91 Å². The Balaban J connectivity index is 1.54. The van der Waals surface area contributed by atoms with E-state index in [0.29, 0.717) is 25.1 Å². The Labute approximate surface area is 158 Å². The van der Waals surface area contributed by atoms with E-state index in [1.807, 2.05) is 42.5 Å². The minimum Gasteiger partial charge on any atom is -0.497 e. The zero-order valence-electron chi connectivity index (χ0n) is 15.4. The molecule has 0 saturated heterocycles. The molecule has 0 atom stereocenters. The van der Waals surface area contributed by atoms with Crippen LogP contribution in [0.25, 0.3) is 11.5 Å². The number of hydrogen-bond donors (Lipinski definition) is 1. The molecule has 0 aliphatic rings. The van der Waals surface area contributed by atoms with Crippen molar-refractivity contribution in [2.45, 2.75) is 19.4 Å². The minimum absolute atomic E-state index is 0.0239. The first kappa shape index (κ1) is 18.5. The molecule has 0 bridgehead atoms. The van der Waals surface area contributed by atoms with E-state index in [1.165, 1.54) is 0 Å². The van der Waals surface area contributed by atoms with E-state index < -0.39 is 0 Å². The summed E-state index contributed by atoms with van der Waals surface area (Å²) >= 11 is 0. The number of aryl methyl sites for hydroxylation is 1. The molecule has 6 heteroatoms. The Hall–Kier alpha value is -3.28. The second kappa shape index (κ2) is 8.89. The molecule has 27 heavy (non-hydrogen) atoms. The lowest BCUT2D eigenvalue weighted by atomic mass is 10.1. The van der Waals surface area contributed by atoms with Crippen LogP contribution < -0.4 is 14.8 Å². The van der Waals surface area contributed by atoms with Crippen LogP contribution in [0.3, 0.4) is 0 Å². The number of carbonyl (C=O) groups is 1. The zero-order chi connectivity index (χ0) is 19.1. The molecule has 0 aliphatic carbocycles. The molecule has 3 rings (SSSR count). The Morgan fingerprint density at radius 1 is 1.15 bits per heavy atom. The predicted octanol–water partition coefficient (Wildman–Crippen LogP) is 3.61. The van der Waals surface area contributed by atoms with Gasteiger partial charge >= 0.3 is 0 Å². The van der Waals surface area contributed by atoms with Crippen molar-refractivity contribution < 1.29 is 18.7 Å². The predicted molar refractivity (Wildman–Crippen MR) is 102 cm³/mol. The number of benzene rings is 1. The molecule has 2 aromatic heterocycles. The van der Waals surface area contributed by atoms with E-state index in [-0.39, 0.29) is 5.91 Å². The highest BCUT2D eigenvalue weighted by atomic mass is 16.5. The summed E-state index contributed by atoms with van der Waals surface area (Å²) in [5.74, 6) is 2.13. The number of rotatable bonds is 8. The Kier molecular flexibility index (Phi) is 6.10. The Morgan fingerprint density at radius 2 is 2.04 bits per heavy atom. The van der Waals surface area contributed by atoms with Crippen molar-refractivity contribution in [3.63, 3.8) is 0 Å². The molecule has 0 unspecified atom stereocenters. The first-order valence-corrected chi connectivity index (χ1v) is 8.66. The number of aromatic nitrogens is 1. The maximum absolute atomic E-state index is 12.2. The van der Waals surface area contributed by atoms with Crippen LogP contribution in [0.1, 0.15) is 17.5 Å². The van der Waals surface area contributed by atoms with Crippen LogP contribution in [0.5, 0.6) is 11.5 Å². The van der Waals surface area contributed by atoms with Crippen LogP contribution in [-0.4, -0.2) is 25.1 Å². The van der Waals surface area contributed by atoms with E-state index in [9.17, 15) is 4.79 Å². The van der Waals surface area contributed by atoms with Gasteiger partial charge in [0, 0.05) is 25.2 Å². The molecule has 0 radical (unpaired) electrons. The van der Waals surface area contributed by atoms with Gasteiger partial charge < -0.3 is 19.2 Å². The minimum atomic E-state index is -0.0239. The van der Waals surface area contributed by atoms with Gasteiger partial charge in [0.1, 0.15) is 17.2 Å². The number of furan rings is 1. The fraction of sp³-hybridized carbons (Fsp3) is 0.238. The summed E-state index contributed by atoms with van der Waals surface area (Å²) < 4.78 is 15.9. The second-order valence-corrected chi connectivity index (χ2v) is 5.98. The molecule has 0 aliphatic heterocycles. The van der Waals surface area contributed by atoms with Crippen LogP contribution in [-0.2, 0) is 17.8 Å². The van der Waals surface area contributed by atoms with Crippen molar-refractivity contribution in [1.29, 1.82) is 0 Å². The Morgan fingerprint density at radius 3 is 2.78 bits per heavy atom. The molecule has 0 saturated carbocycles. The zero-order valence-corrected chi connectivity index (χ0v) is 15.4. The molecule has 1 N–H and O–H groups in total. The van der Waals surface area contributed by atoms with E-state index in [0.717, 1.165) is 28.3 Å².